The lowest BCUT2D eigenvalue weighted by Gasteiger charge is -2.44. The van der Waals surface area contributed by atoms with Crippen LogP contribution in [0.4, 0.5) is 0 Å². The molecule has 1 nitrogen and oxygen atoms in total. The Bertz CT molecular complexity index is 324. The fourth-order valence-corrected chi connectivity index (χ4v) is 5.72. The van der Waals surface area contributed by atoms with Gasteiger partial charge in [0.15, 0.2) is 0 Å². The summed E-state index contributed by atoms with van der Waals surface area (Å²) in [6, 6.07) is 1.64. The molecule has 0 aromatic carbocycles. The second-order valence-electron chi connectivity index (χ2n) is 8.91. The van der Waals surface area contributed by atoms with Crippen LogP contribution in [0, 0.1) is 29.6 Å². The van der Waals surface area contributed by atoms with Crippen LogP contribution in [0.5, 0.6) is 0 Å². The molecule has 21 heavy (non-hydrogen) atoms. The van der Waals surface area contributed by atoms with E-state index >= 15 is 0 Å². The zero-order valence-corrected chi connectivity index (χ0v) is 14.6. The van der Waals surface area contributed by atoms with E-state index in [-0.39, 0.29) is 0 Å². The summed E-state index contributed by atoms with van der Waals surface area (Å²) in [7, 11) is 0. The zero-order chi connectivity index (χ0) is 14.8. The molecule has 122 valence electrons. The third kappa shape index (κ3) is 3.84. The Hall–Kier alpha value is -0.0400. The molecule has 3 fully saturated rings. The summed E-state index contributed by atoms with van der Waals surface area (Å²) < 4.78 is 0. The average Bonchev–Trinajstić information content (AvgIpc) is 2.47. The molecule has 6 unspecified atom stereocenters. The molecule has 1 heteroatoms. The summed E-state index contributed by atoms with van der Waals surface area (Å²) in [4.78, 5) is 0. The molecule has 0 amide bonds. The van der Waals surface area contributed by atoms with Gasteiger partial charge in [-0.2, -0.15) is 0 Å². The molecule has 0 heterocycles. The lowest BCUT2D eigenvalue weighted by Crippen LogP contribution is -2.49. The summed E-state index contributed by atoms with van der Waals surface area (Å²) in [5, 5.41) is 4.15. The third-order valence-electron chi connectivity index (χ3n) is 7.01. The SMILES string of the molecule is CC1CCC(C(C)C)C(NC2CCC3CCCCC3C2)C1. The van der Waals surface area contributed by atoms with E-state index in [0.29, 0.717) is 0 Å². The molecule has 0 aromatic heterocycles. The number of nitrogens with one attached hydrogen (secondary N) is 1. The van der Waals surface area contributed by atoms with Crippen LogP contribution in [0.25, 0.3) is 0 Å². The molecule has 0 saturated heterocycles. The van der Waals surface area contributed by atoms with Crippen LogP contribution in [0.3, 0.4) is 0 Å². The third-order valence-corrected chi connectivity index (χ3v) is 7.01. The van der Waals surface area contributed by atoms with Crippen LogP contribution >= 0.6 is 0 Å². The lowest BCUT2D eigenvalue weighted by atomic mass is 9.68. The highest BCUT2D eigenvalue weighted by atomic mass is 15.0. The van der Waals surface area contributed by atoms with E-state index in [1.807, 2.05) is 0 Å². The molecule has 6 atom stereocenters. The maximum atomic E-state index is 4.15. The maximum Gasteiger partial charge on any atom is 0.0103 e. The van der Waals surface area contributed by atoms with Gasteiger partial charge in [-0.1, -0.05) is 52.9 Å². The summed E-state index contributed by atoms with van der Waals surface area (Å²) in [5.74, 6) is 4.85. The van der Waals surface area contributed by atoms with E-state index in [1.165, 1.54) is 64.2 Å². The van der Waals surface area contributed by atoms with Gasteiger partial charge in [0, 0.05) is 12.1 Å². The average molecular weight is 292 g/mol. The highest BCUT2D eigenvalue weighted by Crippen LogP contribution is 2.41. The largest absolute Gasteiger partial charge is 0.311 e. The minimum atomic E-state index is 0.805. The highest BCUT2D eigenvalue weighted by molar-refractivity contribution is 4.91. The second-order valence-corrected chi connectivity index (χ2v) is 8.91. The first-order valence-electron chi connectivity index (χ1n) is 9.89. The number of hydrogen-bond acceptors (Lipinski definition) is 1. The maximum absolute atomic E-state index is 4.15. The lowest BCUT2D eigenvalue weighted by molar-refractivity contribution is 0.107. The molecule has 3 saturated carbocycles. The minimum absolute atomic E-state index is 0.805. The van der Waals surface area contributed by atoms with Crippen molar-refractivity contribution in [3.8, 4) is 0 Å². The smallest absolute Gasteiger partial charge is 0.0103 e. The summed E-state index contributed by atoms with van der Waals surface area (Å²) in [6.07, 6.45) is 14.9. The Morgan fingerprint density at radius 3 is 2.33 bits per heavy atom. The van der Waals surface area contributed by atoms with Crippen molar-refractivity contribution in [2.45, 2.75) is 97.1 Å². The zero-order valence-electron chi connectivity index (χ0n) is 14.6. The molecule has 0 aliphatic heterocycles. The van der Waals surface area contributed by atoms with Crippen molar-refractivity contribution in [1.29, 1.82) is 0 Å². The minimum Gasteiger partial charge on any atom is -0.311 e. The second kappa shape index (κ2) is 7.02. The van der Waals surface area contributed by atoms with E-state index in [4.69, 9.17) is 0 Å². The monoisotopic (exact) mass is 291 g/mol. The van der Waals surface area contributed by atoms with Gasteiger partial charge in [-0.15, -0.1) is 0 Å². The molecule has 1 N–H and O–H groups in total. The summed E-state index contributed by atoms with van der Waals surface area (Å²) >= 11 is 0. The topological polar surface area (TPSA) is 12.0 Å². The van der Waals surface area contributed by atoms with Gasteiger partial charge in [0.05, 0.1) is 0 Å². The fraction of sp³-hybridized carbons (Fsp3) is 1.00. The standard InChI is InChI=1S/C20H37N/c1-14(2)19-11-8-15(3)12-20(19)21-18-10-9-16-6-4-5-7-17(16)13-18/h14-21H,4-13H2,1-3H3. The Labute approximate surface area is 132 Å². The molecular formula is C20H37N. The fourth-order valence-electron chi connectivity index (χ4n) is 5.72. The molecule has 0 spiro atoms. The van der Waals surface area contributed by atoms with Crippen molar-refractivity contribution in [2.24, 2.45) is 29.6 Å². The first kappa shape index (κ1) is 15.8. The molecule has 3 aliphatic rings. The Morgan fingerprint density at radius 2 is 1.57 bits per heavy atom. The van der Waals surface area contributed by atoms with Crippen molar-refractivity contribution < 1.29 is 0 Å². The number of hydrogen-bond donors (Lipinski definition) is 1. The van der Waals surface area contributed by atoms with Gasteiger partial charge in [0.25, 0.3) is 0 Å². The van der Waals surface area contributed by atoms with Gasteiger partial charge in [-0.05, 0) is 61.7 Å². The predicted octanol–water partition coefficient (Wildman–Crippen LogP) is 5.40. The van der Waals surface area contributed by atoms with Crippen LogP contribution in [0.15, 0.2) is 0 Å². The van der Waals surface area contributed by atoms with Crippen molar-refractivity contribution in [1.82, 2.24) is 5.32 Å². The van der Waals surface area contributed by atoms with E-state index in [0.717, 1.165) is 41.7 Å². The van der Waals surface area contributed by atoms with Gasteiger partial charge in [-0.3, -0.25) is 0 Å². The Morgan fingerprint density at radius 1 is 0.810 bits per heavy atom. The molecule has 0 aromatic rings. The van der Waals surface area contributed by atoms with E-state index in [1.54, 1.807) is 0 Å². The van der Waals surface area contributed by atoms with Crippen LogP contribution in [0.1, 0.15) is 85.0 Å². The molecular weight excluding hydrogens is 254 g/mol. The predicted molar refractivity (Wildman–Crippen MR) is 91.4 cm³/mol. The van der Waals surface area contributed by atoms with Gasteiger partial charge in [0.1, 0.15) is 0 Å². The Balaban J connectivity index is 1.56. The van der Waals surface area contributed by atoms with Crippen molar-refractivity contribution in [2.75, 3.05) is 0 Å². The van der Waals surface area contributed by atoms with Crippen molar-refractivity contribution in [3.63, 3.8) is 0 Å². The van der Waals surface area contributed by atoms with Gasteiger partial charge in [0.2, 0.25) is 0 Å². The van der Waals surface area contributed by atoms with Gasteiger partial charge in [-0.25, -0.2) is 0 Å². The van der Waals surface area contributed by atoms with E-state index in [2.05, 4.69) is 26.1 Å². The molecule has 0 radical (unpaired) electrons. The van der Waals surface area contributed by atoms with Crippen LogP contribution < -0.4 is 5.32 Å². The van der Waals surface area contributed by atoms with Crippen molar-refractivity contribution in [3.05, 3.63) is 0 Å². The summed E-state index contributed by atoms with van der Waals surface area (Å²) in [6.45, 7) is 7.34. The van der Waals surface area contributed by atoms with E-state index < -0.39 is 0 Å². The number of rotatable bonds is 3. The Kier molecular flexibility index (Phi) is 5.30. The summed E-state index contributed by atoms with van der Waals surface area (Å²) in [5.41, 5.74) is 0. The first-order valence-corrected chi connectivity index (χ1v) is 9.89. The number of fused-ring (bicyclic) bond motifs is 1. The van der Waals surface area contributed by atoms with Gasteiger partial charge < -0.3 is 5.32 Å². The molecule has 3 rings (SSSR count). The van der Waals surface area contributed by atoms with Crippen LogP contribution in [-0.2, 0) is 0 Å². The van der Waals surface area contributed by atoms with Crippen molar-refractivity contribution >= 4 is 0 Å². The first-order chi connectivity index (χ1) is 10.1. The quantitative estimate of drug-likeness (QED) is 0.734. The van der Waals surface area contributed by atoms with E-state index in [9.17, 15) is 0 Å². The van der Waals surface area contributed by atoms with Gasteiger partial charge >= 0.3 is 0 Å². The van der Waals surface area contributed by atoms with Crippen LogP contribution in [0.2, 0.25) is 0 Å². The molecule has 0 bridgehead atoms. The highest BCUT2D eigenvalue weighted by Gasteiger charge is 2.36. The molecule has 3 aliphatic carbocycles. The normalized spacial score (nSPS) is 44.6. The van der Waals surface area contributed by atoms with Crippen LogP contribution in [-0.4, -0.2) is 12.1 Å².